The SMILES string of the molecule is CNc1ncnc(NCCCCN(C)C)c1Br. The Morgan fingerprint density at radius 2 is 1.94 bits per heavy atom. The van der Waals surface area contributed by atoms with E-state index in [1.54, 1.807) is 6.33 Å². The number of aromatic nitrogens is 2. The Bertz CT molecular complexity index is 343. The molecule has 96 valence electrons. The van der Waals surface area contributed by atoms with Gasteiger partial charge in [0, 0.05) is 13.6 Å². The Morgan fingerprint density at radius 1 is 1.24 bits per heavy atom. The molecule has 0 fully saturated rings. The first kappa shape index (κ1) is 14.2. The monoisotopic (exact) mass is 301 g/mol. The molecule has 0 amide bonds. The van der Waals surface area contributed by atoms with E-state index in [-0.39, 0.29) is 0 Å². The molecule has 0 aliphatic heterocycles. The van der Waals surface area contributed by atoms with Gasteiger partial charge in [-0.2, -0.15) is 0 Å². The molecular formula is C11H20BrN5. The molecule has 0 aliphatic rings. The van der Waals surface area contributed by atoms with Crippen LogP contribution in [0.25, 0.3) is 0 Å². The molecule has 0 bridgehead atoms. The topological polar surface area (TPSA) is 53.1 Å². The normalized spacial score (nSPS) is 10.6. The highest BCUT2D eigenvalue weighted by molar-refractivity contribution is 9.10. The lowest BCUT2D eigenvalue weighted by molar-refractivity contribution is 0.396. The van der Waals surface area contributed by atoms with Crippen LogP contribution in [0.15, 0.2) is 10.8 Å². The summed E-state index contributed by atoms with van der Waals surface area (Å²) in [6.07, 6.45) is 3.86. The van der Waals surface area contributed by atoms with E-state index in [1.807, 2.05) is 7.05 Å². The summed E-state index contributed by atoms with van der Waals surface area (Å²) in [5.41, 5.74) is 0. The molecule has 1 aromatic heterocycles. The minimum absolute atomic E-state index is 0.802. The fourth-order valence-electron chi connectivity index (χ4n) is 1.43. The first-order valence-electron chi connectivity index (χ1n) is 5.72. The first-order valence-corrected chi connectivity index (χ1v) is 6.51. The smallest absolute Gasteiger partial charge is 0.145 e. The maximum absolute atomic E-state index is 4.20. The molecular weight excluding hydrogens is 282 g/mol. The number of anilines is 2. The van der Waals surface area contributed by atoms with Crippen LogP contribution >= 0.6 is 15.9 Å². The molecule has 2 N–H and O–H groups in total. The third-order valence-corrected chi connectivity index (χ3v) is 3.10. The van der Waals surface area contributed by atoms with Crippen molar-refractivity contribution in [1.82, 2.24) is 14.9 Å². The Labute approximate surface area is 111 Å². The minimum atomic E-state index is 0.802. The van der Waals surface area contributed by atoms with Crippen molar-refractivity contribution < 1.29 is 0 Å². The van der Waals surface area contributed by atoms with E-state index in [1.165, 1.54) is 6.42 Å². The van der Waals surface area contributed by atoms with E-state index in [0.29, 0.717) is 0 Å². The summed E-state index contributed by atoms with van der Waals surface area (Å²) >= 11 is 3.48. The maximum atomic E-state index is 4.20. The average molecular weight is 302 g/mol. The number of unbranched alkanes of at least 4 members (excludes halogenated alkanes) is 1. The van der Waals surface area contributed by atoms with Crippen LogP contribution in [0, 0.1) is 0 Å². The highest BCUT2D eigenvalue weighted by Gasteiger charge is 2.06. The predicted octanol–water partition coefficient (Wildman–Crippen LogP) is 2.03. The van der Waals surface area contributed by atoms with Crippen molar-refractivity contribution in [1.29, 1.82) is 0 Å². The number of nitrogens with zero attached hydrogens (tertiary/aromatic N) is 3. The molecule has 5 nitrogen and oxygen atoms in total. The summed E-state index contributed by atoms with van der Waals surface area (Å²) in [6, 6.07) is 0. The highest BCUT2D eigenvalue weighted by Crippen LogP contribution is 2.25. The standard InChI is InChI=1S/C11H20BrN5/c1-13-10-9(12)11(16-8-15-10)14-6-4-5-7-17(2)3/h8H,4-7H2,1-3H3,(H2,13,14,15,16). The number of hydrogen-bond donors (Lipinski definition) is 2. The number of nitrogens with one attached hydrogen (secondary N) is 2. The van der Waals surface area contributed by atoms with Crippen LogP contribution in [0.5, 0.6) is 0 Å². The molecule has 0 unspecified atom stereocenters. The molecule has 0 aromatic carbocycles. The van der Waals surface area contributed by atoms with E-state index >= 15 is 0 Å². The van der Waals surface area contributed by atoms with Gasteiger partial charge in [0.05, 0.1) is 0 Å². The van der Waals surface area contributed by atoms with Gasteiger partial charge < -0.3 is 15.5 Å². The Hall–Kier alpha value is -0.880. The van der Waals surface area contributed by atoms with E-state index in [2.05, 4.69) is 55.5 Å². The van der Waals surface area contributed by atoms with Gasteiger partial charge in [-0.15, -0.1) is 0 Å². The second kappa shape index (κ2) is 7.45. The van der Waals surface area contributed by atoms with Crippen molar-refractivity contribution in [2.24, 2.45) is 0 Å². The molecule has 0 radical (unpaired) electrons. The summed E-state index contributed by atoms with van der Waals surface area (Å²) in [6.45, 7) is 2.04. The van der Waals surface area contributed by atoms with Crippen molar-refractivity contribution >= 4 is 27.6 Å². The van der Waals surface area contributed by atoms with Crippen LogP contribution in [-0.2, 0) is 0 Å². The van der Waals surface area contributed by atoms with Crippen LogP contribution in [0.2, 0.25) is 0 Å². The molecule has 1 aromatic rings. The third kappa shape index (κ3) is 4.87. The largest absolute Gasteiger partial charge is 0.372 e. The average Bonchev–Trinajstić information content (AvgIpc) is 2.30. The molecule has 0 saturated heterocycles. The molecule has 1 heterocycles. The maximum Gasteiger partial charge on any atom is 0.145 e. The third-order valence-electron chi connectivity index (χ3n) is 2.35. The van der Waals surface area contributed by atoms with Gasteiger partial charge in [-0.25, -0.2) is 9.97 Å². The van der Waals surface area contributed by atoms with Crippen molar-refractivity contribution in [2.45, 2.75) is 12.8 Å². The lowest BCUT2D eigenvalue weighted by Crippen LogP contribution is -2.14. The van der Waals surface area contributed by atoms with Gasteiger partial charge in [0.25, 0.3) is 0 Å². The van der Waals surface area contributed by atoms with Gasteiger partial charge >= 0.3 is 0 Å². The molecule has 0 aliphatic carbocycles. The summed E-state index contributed by atoms with van der Waals surface area (Å²) in [4.78, 5) is 10.5. The zero-order valence-corrected chi connectivity index (χ0v) is 12.2. The van der Waals surface area contributed by atoms with Crippen LogP contribution in [0.4, 0.5) is 11.6 Å². The van der Waals surface area contributed by atoms with Gasteiger partial charge in [0.15, 0.2) is 0 Å². The van der Waals surface area contributed by atoms with Gasteiger partial charge in [0.1, 0.15) is 22.4 Å². The van der Waals surface area contributed by atoms with E-state index in [0.717, 1.165) is 35.6 Å². The Balaban J connectivity index is 2.36. The highest BCUT2D eigenvalue weighted by atomic mass is 79.9. The van der Waals surface area contributed by atoms with Crippen molar-refractivity contribution in [2.75, 3.05) is 44.9 Å². The van der Waals surface area contributed by atoms with Crippen molar-refractivity contribution in [3.63, 3.8) is 0 Å². The summed E-state index contributed by atoms with van der Waals surface area (Å²) in [7, 11) is 6.02. The zero-order valence-electron chi connectivity index (χ0n) is 10.6. The lowest BCUT2D eigenvalue weighted by atomic mass is 10.3. The molecule has 0 spiro atoms. The second-order valence-electron chi connectivity index (χ2n) is 4.07. The first-order chi connectivity index (χ1) is 8.15. The summed E-state index contributed by atoms with van der Waals surface area (Å²) < 4.78 is 0.884. The Kier molecular flexibility index (Phi) is 6.21. The number of hydrogen-bond acceptors (Lipinski definition) is 5. The van der Waals surface area contributed by atoms with Crippen LogP contribution in [0.3, 0.4) is 0 Å². The van der Waals surface area contributed by atoms with Gasteiger partial charge in [-0.1, -0.05) is 0 Å². The van der Waals surface area contributed by atoms with E-state index in [9.17, 15) is 0 Å². The summed E-state index contributed by atoms with van der Waals surface area (Å²) in [5.74, 6) is 1.64. The second-order valence-corrected chi connectivity index (χ2v) is 4.87. The molecule has 1 rings (SSSR count). The number of rotatable bonds is 7. The zero-order chi connectivity index (χ0) is 12.7. The molecule has 17 heavy (non-hydrogen) atoms. The molecule has 0 saturated carbocycles. The number of halogens is 1. The Morgan fingerprint density at radius 3 is 2.59 bits per heavy atom. The van der Waals surface area contributed by atoms with E-state index in [4.69, 9.17) is 0 Å². The summed E-state index contributed by atoms with van der Waals surface area (Å²) in [5, 5.41) is 6.31. The fourth-order valence-corrected chi connectivity index (χ4v) is 1.97. The van der Waals surface area contributed by atoms with Crippen molar-refractivity contribution in [3.8, 4) is 0 Å². The van der Waals surface area contributed by atoms with Gasteiger partial charge in [-0.05, 0) is 49.4 Å². The van der Waals surface area contributed by atoms with Crippen LogP contribution in [0.1, 0.15) is 12.8 Å². The lowest BCUT2D eigenvalue weighted by Gasteiger charge is -2.11. The van der Waals surface area contributed by atoms with Crippen molar-refractivity contribution in [3.05, 3.63) is 10.8 Å². The fraction of sp³-hybridized carbons (Fsp3) is 0.636. The quantitative estimate of drug-likeness (QED) is 0.755. The molecule has 0 atom stereocenters. The van der Waals surface area contributed by atoms with Gasteiger partial charge in [0.2, 0.25) is 0 Å². The van der Waals surface area contributed by atoms with Crippen LogP contribution < -0.4 is 10.6 Å². The minimum Gasteiger partial charge on any atom is -0.372 e. The molecule has 6 heteroatoms. The predicted molar refractivity (Wildman–Crippen MR) is 75.6 cm³/mol. The van der Waals surface area contributed by atoms with E-state index < -0.39 is 0 Å². The van der Waals surface area contributed by atoms with Crippen LogP contribution in [-0.4, -0.2) is 49.1 Å². The van der Waals surface area contributed by atoms with Gasteiger partial charge in [-0.3, -0.25) is 0 Å².